The number of pyridine rings is 1. The lowest BCUT2D eigenvalue weighted by atomic mass is 10.1. The number of rotatable bonds is 2. The van der Waals surface area contributed by atoms with Crippen LogP contribution in [-0.4, -0.2) is 53.7 Å². The molecule has 1 aliphatic rings. The zero-order valence-corrected chi connectivity index (χ0v) is 10.1. The molecule has 2 rings (SSSR count). The number of carbonyl (C=O) groups is 1. The van der Waals surface area contributed by atoms with E-state index in [4.69, 9.17) is 5.11 Å². The van der Waals surface area contributed by atoms with Gasteiger partial charge in [0.05, 0.1) is 0 Å². The van der Waals surface area contributed by atoms with Crippen molar-refractivity contribution in [2.75, 3.05) is 31.6 Å². The van der Waals surface area contributed by atoms with E-state index in [0.717, 1.165) is 25.3 Å². The Kier molecular flexibility index (Phi) is 3.28. The molecule has 1 unspecified atom stereocenters. The van der Waals surface area contributed by atoms with Crippen LogP contribution in [0.25, 0.3) is 0 Å². The maximum absolute atomic E-state index is 10.9. The highest BCUT2D eigenvalue weighted by atomic mass is 16.4. The Morgan fingerprint density at radius 2 is 2.29 bits per heavy atom. The van der Waals surface area contributed by atoms with Gasteiger partial charge in [-0.2, -0.15) is 0 Å². The normalized spacial score (nSPS) is 21.5. The van der Waals surface area contributed by atoms with Crippen molar-refractivity contribution in [1.82, 2.24) is 9.88 Å². The number of aromatic nitrogens is 1. The zero-order chi connectivity index (χ0) is 12.4. The van der Waals surface area contributed by atoms with Crippen molar-refractivity contribution in [3.63, 3.8) is 0 Å². The Balaban J connectivity index is 2.22. The van der Waals surface area contributed by atoms with Gasteiger partial charge in [-0.15, -0.1) is 0 Å². The number of piperazine rings is 1. The summed E-state index contributed by atoms with van der Waals surface area (Å²) in [5.41, 5.74) is 1.05. The molecule has 5 nitrogen and oxygen atoms in total. The average molecular weight is 235 g/mol. The van der Waals surface area contributed by atoms with Gasteiger partial charge in [0.15, 0.2) is 0 Å². The minimum Gasteiger partial charge on any atom is -0.477 e. The van der Waals surface area contributed by atoms with Crippen LogP contribution in [0.5, 0.6) is 0 Å². The number of aromatic carboxylic acids is 1. The summed E-state index contributed by atoms with van der Waals surface area (Å²) in [5, 5.41) is 8.93. The van der Waals surface area contributed by atoms with E-state index in [0.29, 0.717) is 6.04 Å². The first-order valence-corrected chi connectivity index (χ1v) is 5.72. The molecule has 1 atom stereocenters. The van der Waals surface area contributed by atoms with Crippen LogP contribution in [0.3, 0.4) is 0 Å². The average Bonchev–Trinajstić information content (AvgIpc) is 2.29. The molecule has 1 aromatic rings. The Morgan fingerprint density at radius 3 is 2.94 bits per heavy atom. The lowest BCUT2D eigenvalue weighted by molar-refractivity contribution is 0.0690. The highest BCUT2D eigenvalue weighted by Crippen LogP contribution is 2.20. The molecule has 92 valence electrons. The summed E-state index contributed by atoms with van der Waals surface area (Å²) in [4.78, 5) is 19.2. The highest BCUT2D eigenvalue weighted by Gasteiger charge is 2.22. The number of nitrogens with zero attached hydrogens (tertiary/aromatic N) is 3. The first-order valence-electron chi connectivity index (χ1n) is 5.72. The Bertz CT molecular complexity index is 422. The van der Waals surface area contributed by atoms with Crippen molar-refractivity contribution in [3.8, 4) is 0 Å². The fourth-order valence-corrected chi connectivity index (χ4v) is 2.24. The number of hydrogen-bond donors (Lipinski definition) is 1. The van der Waals surface area contributed by atoms with Gasteiger partial charge in [-0.3, -0.25) is 0 Å². The molecule has 1 N–H and O–H groups in total. The number of likely N-dealkylation sites (N-methyl/N-ethyl adjacent to an activating group) is 1. The number of carboxylic acid groups (broad SMARTS) is 1. The lowest BCUT2D eigenvalue weighted by Gasteiger charge is -2.39. The van der Waals surface area contributed by atoms with E-state index in [1.54, 1.807) is 12.3 Å². The van der Waals surface area contributed by atoms with E-state index in [2.05, 4.69) is 28.8 Å². The van der Waals surface area contributed by atoms with Crippen LogP contribution in [0, 0.1) is 0 Å². The van der Waals surface area contributed by atoms with Crippen LogP contribution >= 0.6 is 0 Å². The maximum Gasteiger partial charge on any atom is 0.354 e. The molecule has 1 saturated heterocycles. The quantitative estimate of drug-likeness (QED) is 0.826. The molecule has 0 radical (unpaired) electrons. The molecular formula is C12H17N3O2. The van der Waals surface area contributed by atoms with E-state index >= 15 is 0 Å². The monoisotopic (exact) mass is 235 g/mol. The largest absolute Gasteiger partial charge is 0.477 e. The SMILES string of the molecule is CC1CN(C)CCN1c1ccnc(C(=O)O)c1. The van der Waals surface area contributed by atoms with Crippen molar-refractivity contribution in [3.05, 3.63) is 24.0 Å². The van der Waals surface area contributed by atoms with E-state index < -0.39 is 5.97 Å². The van der Waals surface area contributed by atoms with Crippen molar-refractivity contribution in [2.24, 2.45) is 0 Å². The van der Waals surface area contributed by atoms with Gasteiger partial charge >= 0.3 is 5.97 Å². The molecule has 0 spiro atoms. The maximum atomic E-state index is 10.9. The van der Waals surface area contributed by atoms with Crippen LogP contribution in [0.4, 0.5) is 5.69 Å². The van der Waals surface area contributed by atoms with Crippen LogP contribution in [0.2, 0.25) is 0 Å². The Hall–Kier alpha value is -1.62. The molecule has 0 bridgehead atoms. The summed E-state index contributed by atoms with van der Waals surface area (Å²) in [7, 11) is 2.10. The molecule has 0 aliphatic carbocycles. The summed E-state index contributed by atoms with van der Waals surface area (Å²) < 4.78 is 0. The van der Waals surface area contributed by atoms with E-state index in [9.17, 15) is 4.79 Å². The zero-order valence-electron chi connectivity index (χ0n) is 10.1. The standard InChI is InChI=1S/C12H17N3O2/c1-9-8-14(2)5-6-15(9)10-3-4-13-11(7-10)12(16)17/h3-4,7,9H,5-6,8H2,1-2H3,(H,16,17). The third kappa shape index (κ3) is 2.55. The summed E-state index contributed by atoms with van der Waals surface area (Å²) in [6.45, 7) is 5.05. The number of carboxylic acids is 1. The third-order valence-electron chi connectivity index (χ3n) is 3.12. The molecule has 0 amide bonds. The highest BCUT2D eigenvalue weighted by molar-refractivity contribution is 5.86. The minimum absolute atomic E-state index is 0.105. The molecule has 1 aliphatic heterocycles. The van der Waals surface area contributed by atoms with Gasteiger partial charge in [-0.25, -0.2) is 9.78 Å². The second-order valence-electron chi connectivity index (χ2n) is 4.51. The van der Waals surface area contributed by atoms with Crippen LogP contribution < -0.4 is 4.90 Å². The molecule has 0 aromatic carbocycles. The fourth-order valence-electron chi connectivity index (χ4n) is 2.24. The summed E-state index contributed by atoms with van der Waals surface area (Å²) in [5.74, 6) is -0.978. The van der Waals surface area contributed by atoms with Gasteiger partial charge in [0.2, 0.25) is 0 Å². The Morgan fingerprint density at radius 1 is 1.53 bits per heavy atom. The van der Waals surface area contributed by atoms with Crippen molar-refractivity contribution in [2.45, 2.75) is 13.0 Å². The third-order valence-corrected chi connectivity index (χ3v) is 3.12. The van der Waals surface area contributed by atoms with Gasteiger partial charge in [0, 0.05) is 37.6 Å². The first-order chi connectivity index (χ1) is 8.08. The molecule has 0 saturated carbocycles. The lowest BCUT2D eigenvalue weighted by Crippen LogP contribution is -2.50. The summed E-state index contributed by atoms with van der Waals surface area (Å²) in [6.07, 6.45) is 1.56. The summed E-state index contributed by atoms with van der Waals surface area (Å²) >= 11 is 0. The van der Waals surface area contributed by atoms with Crippen LogP contribution in [0.15, 0.2) is 18.3 Å². The van der Waals surface area contributed by atoms with E-state index in [-0.39, 0.29) is 5.69 Å². The predicted molar refractivity (Wildman–Crippen MR) is 65.5 cm³/mol. The van der Waals surface area contributed by atoms with Crippen molar-refractivity contribution in [1.29, 1.82) is 0 Å². The minimum atomic E-state index is -0.978. The second-order valence-corrected chi connectivity index (χ2v) is 4.51. The summed E-state index contributed by atoms with van der Waals surface area (Å²) in [6, 6.07) is 3.90. The molecule has 5 heteroatoms. The smallest absolute Gasteiger partial charge is 0.354 e. The van der Waals surface area contributed by atoms with Gasteiger partial charge < -0.3 is 14.9 Å². The topological polar surface area (TPSA) is 56.7 Å². The van der Waals surface area contributed by atoms with Crippen LogP contribution in [-0.2, 0) is 0 Å². The van der Waals surface area contributed by atoms with Gasteiger partial charge in [-0.05, 0) is 26.1 Å². The Labute approximate surface area is 101 Å². The van der Waals surface area contributed by atoms with Crippen molar-refractivity contribution >= 4 is 11.7 Å². The van der Waals surface area contributed by atoms with Gasteiger partial charge in [-0.1, -0.05) is 0 Å². The number of anilines is 1. The molecular weight excluding hydrogens is 218 g/mol. The molecule has 1 aromatic heterocycles. The van der Waals surface area contributed by atoms with Crippen molar-refractivity contribution < 1.29 is 9.90 Å². The number of hydrogen-bond acceptors (Lipinski definition) is 4. The molecule has 1 fully saturated rings. The first kappa shape index (κ1) is 11.9. The molecule has 17 heavy (non-hydrogen) atoms. The predicted octanol–water partition coefficient (Wildman–Crippen LogP) is 0.920. The fraction of sp³-hybridized carbons (Fsp3) is 0.500. The van der Waals surface area contributed by atoms with Crippen LogP contribution in [0.1, 0.15) is 17.4 Å². The second kappa shape index (κ2) is 4.71. The molecule has 2 heterocycles. The van der Waals surface area contributed by atoms with E-state index in [1.807, 2.05) is 6.07 Å². The van der Waals surface area contributed by atoms with Gasteiger partial charge in [0.1, 0.15) is 5.69 Å². The van der Waals surface area contributed by atoms with Gasteiger partial charge in [0.25, 0.3) is 0 Å². The van der Waals surface area contributed by atoms with E-state index in [1.165, 1.54) is 0 Å².